The molecule has 0 saturated heterocycles. The van der Waals surface area contributed by atoms with E-state index in [-0.39, 0.29) is 17.2 Å². The van der Waals surface area contributed by atoms with Crippen molar-refractivity contribution in [3.05, 3.63) is 52.3 Å². The Bertz CT molecular complexity index is 846. The van der Waals surface area contributed by atoms with Crippen LogP contribution in [0.1, 0.15) is 11.1 Å². The zero-order valence-electron chi connectivity index (χ0n) is 14.2. The summed E-state index contributed by atoms with van der Waals surface area (Å²) in [4.78, 5) is 0. The molecular formula is C17H15ClF4N2O2S. The van der Waals surface area contributed by atoms with Crippen molar-refractivity contribution in [2.45, 2.75) is 12.7 Å². The molecule has 0 atom stereocenters. The second kappa shape index (κ2) is 8.62. The molecule has 146 valence electrons. The minimum absolute atomic E-state index is 0.0899. The Hall–Kier alpha value is -2.26. The molecule has 0 fully saturated rings. The molecule has 2 rings (SSSR count). The molecule has 0 radical (unpaired) electrons. The summed E-state index contributed by atoms with van der Waals surface area (Å²) in [5.74, 6) is -0.220. The van der Waals surface area contributed by atoms with E-state index in [1.54, 1.807) is 6.07 Å². The van der Waals surface area contributed by atoms with E-state index in [0.717, 1.165) is 12.1 Å². The summed E-state index contributed by atoms with van der Waals surface area (Å²) in [6.45, 7) is -0.111. The first-order chi connectivity index (χ1) is 12.6. The fraction of sp³-hybridized carbons (Fsp3) is 0.235. The largest absolute Gasteiger partial charge is 0.495 e. The van der Waals surface area contributed by atoms with Gasteiger partial charge in [-0.25, -0.2) is 4.39 Å². The minimum Gasteiger partial charge on any atom is -0.495 e. The van der Waals surface area contributed by atoms with Gasteiger partial charge in [0.05, 0.1) is 30.5 Å². The van der Waals surface area contributed by atoms with Crippen LogP contribution in [0.4, 0.5) is 23.2 Å². The summed E-state index contributed by atoms with van der Waals surface area (Å²) in [6, 6.07) is 5.36. The molecule has 0 amide bonds. The van der Waals surface area contributed by atoms with Crippen LogP contribution in [0.15, 0.2) is 30.3 Å². The van der Waals surface area contributed by atoms with E-state index in [0.29, 0.717) is 28.3 Å². The molecule has 2 aromatic rings. The van der Waals surface area contributed by atoms with E-state index in [4.69, 9.17) is 33.3 Å². The molecule has 0 aliphatic carbocycles. The Labute approximate surface area is 163 Å². The number of methoxy groups -OCH3 is 2. The molecule has 0 aliphatic rings. The molecule has 0 aromatic heterocycles. The monoisotopic (exact) mass is 422 g/mol. The van der Waals surface area contributed by atoms with Gasteiger partial charge >= 0.3 is 6.18 Å². The highest BCUT2D eigenvalue weighted by Gasteiger charge is 2.31. The van der Waals surface area contributed by atoms with Gasteiger partial charge in [-0.3, -0.25) is 0 Å². The second-order valence-electron chi connectivity index (χ2n) is 5.34. The number of alkyl halides is 3. The van der Waals surface area contributed by atoms with Crippen molar-refractivity contribution in [2.24, 2.45) is 0 Å². The van der Waals surface area contributed by atoms with Crippen LogP contribution in [0, 0.1) is 5.82 Å². The van der Waals surface area contributed by atoms with Crippen LogP contribution in [0.2, 0.25) is 5.02 Å². The van der Waals surface area contributed by atoms with Crippen LogP contribution in [0.25, 0.3) is 0 Å². The highest BCUT2D eigenvalue weighted by atomic mass is 35.5. The molecule has 2 N–H and O–H groups in total. The van der Waals surface area contributed by atoms with Gasteiger partial charge in [-0.15, -0.1) is 0 Å². The van der Waals surface area contributed by atoms with E-state index in [9.17, 15) is 17.6 Å². The number of benzene rings is 2. The Morgan fingerprint density at radius 3 is 2.33 bits per heavy atom. The molecule has 0 heterocycles. The Kier molecular flexibility index (Phi) is 6.72. The number of halogens is 5. The summed E-state index contributed by atoms with van der Waals surface area (Å²) in [6.07, 6.45) is -4.64. The van der Waals surface area contributed by atoms with Crippen LogP contribution in [0.3, 0.4) is 0 Å². The second-order valence-corrected chi connectivity index (χ2v) is 6.16. The summed E-state index contributed by atoms with van der Waals surface area (Å²) in [7, 11) is 2.88. The van der Waals surface area contributed by atoms with Gasteiger partial charge in [-0.1, -0.05) is 11.6 Å². The number of anilines is 1. The average molecular weight is 423 g/mol. The highest BCUT2D eigenvalue weighted by molar-refractivity contribution is 7.80. The molecule has 0 bridgehead atoms. The number of hydrogen-bond acceptors (Lipinski definition) is 3. The van der Waals surface area contributed by atoms with Crippen molar-refractivity contribution in [2.75, 3.05) is 19.5 Å². The van der Waals surface area contributed by atoms with Crippen molar-refractivity contribution >= 4 is 34.6 Å². The van der Waals surface area contributed by atoms with Crippen LogP contribution < -0.4 is 20.1 Å². The van der Waals surface area contributed by atoms with Gasteiger partial charge in [-0.05, 0) is 36.0 Å². The molecular weight excluding hydrogens is 408 g/mol. The zero-order chi connectivity index (χ0) is 20.2. The van der Waals surface area contributed by atoms with Crippen LogP contribution >= 0.6 is 23.8 Å². The van der Waals surface area contributed by atoms with Gasteiger partial charge in [0.25, 0.3) is 0 Å². The normalized spacial score (nSPS) is 11.1. The number of rotatable bonds is 5. The van der Waals surface area contributed by atoms with E-state index >= 15 is 0 Å². The first kappa shape index (κ1) is 21.0. The molecule has 0 aliphatic heterocycles. The van der Waals surface area contributed by atoms with Gasteiger partial charge in [0.2, 0.25) is 0 Å². The average Bonchev–Trinajstić information content (AvgIpc) is 2.59. The lowest BCUT2D eigenvalue weighted by molar-refractivity contribution is -0.137. The fourth-order valence-electron chi connectivity index (χ4n) is 2.22. The first-order valence-electron chi connectivity index (χ1n) is 7.47. The predicted molar refractivity (Wildman–Crippen MR) is 99.0 cm³/mol. The van der Waals surface area contributed by atoms with Crippen LogP contribution in [-0.4, -0.2) is 19.3 Å². The van der Waals surface area contributed by atoms with Crippen molar-refractivity contribution in [1.29, 1.82) is 0 Å². The quantitative estimate of drug-likeness (QED) is 0.524. The third-order valence-corrected chi connectivity index (χ3v) is 4.00. The van der Waals surface area contributed by atoms with Gasteiger partial charge < -0.3 is 20.1 Å². The smallest absolute Gasteiger partial charge is 0.416 e. The van der Waals surface area contributed by atoms with Gasteiger partial charge in [0.1, 0.15) is 17.3 Å². The zero-order valence-corrected chi connectivity index (χ0v) is 15.8. The first-order valence-corrected chi connectivity index (χ1v) is 8.25. The van der Waals surface area contributed by atoms with E-state index < -0.39 is 17.6 Å². The third kappa shape index (κ3) is 5.61. The lowest BCUT2D eigenvalue weighted by atomic mass is 10.1. The highest BCUT2D eigenvalue weighted by Crippen LogP contribution is 2.36. The molecule has 2 aromatic carbocycles. The van der Waals surface area contributed by atoms with E-state index in [1.165, 1.54) is 20.3 Å². The number of nitrogens with one attached hydrogen (secondary N) is 2. The van der Waals surface area contributed by atoms with E-state index in [1.807, 2.05) is 0 Å². The summed E-state index contributed by atoms with van der Waals surface area (Å²) < 4.78 is 62.0. The van der Waals surface area contributed by atoms with Crippen molar-refractivity contribution in [3.63, 3.8) is 0 Å². The van der Waals surface area contributed by atoms with Crippen molar-refractivity contribution < 1.29 is 27.0 Å². The third-order valence-electron chi connectivity index (χ3n) is 3.46. The van der Waals surface area contributed by atoms with Crippen molar-refractivity contribution in [3.8, 4) is 11.5 Å². The maximum Gasteiger partial charge on any atom is 0.416 e. The standard InChI is InChI=1S/C17H15ClF4N2O2S/c1-25-14-7-13(15(26-2)6-12(14)18)24-16(27)23-8-9-3-10(17(20,21)22)5-11(19)4-9/h3-7H,8H2,1-2H3,(H2,23,24,27). The van der Waals surface area contributed by atoms with Gasteiger partial charge in [-0.2, -0.15) is 13.2 Å². The lowest BCUT2D eigenvalue weighted by Crippen LogP contribution is -2.28. The summed E-state index contributed by atoms with van der Waals surface area (Å²) in [5, 5.41) is 5.97. The maximum absolute atomic E-state index is 13.4. The maximum atomic E-state index is 13.4. The minimum atomic E-state index is -4.64. The number of hydrogen-bond donors (Lipinski definition) is 2. The molecule has 0 spiro atoms. The van der Waals surface area contributed by atoms with Gasteiger partial charge in [0, 0.05) is 18.7 Å². The molecule has 0 unspecified atom stereocenters. The topological polar surface area (TPSA) is 42.5 Å². The fourth-order valence-corrected chi connectivity index (χ4v) is 2.64. The summed E-state index contributed by atoms with van der Waals surface area (Å²) in [5.41, 5.74) is -0.541. The lowest BCUT2D eigenvalue weighted by Gasteiger charge is -2.16. The Balaban J connectivity index is 2.10. The van der Waals surface area contributed by atoms with Crippen LogP contribution in [0.5, 0.6) is 11.5 Å². The summed E-state index contributed by atoms with van der Waals surface area (Å²) >= 11 is 11.1. The molecule has 4 nitrogen and oxygen atoms in total. The number of thiocarbonyl (C=S) groups is 1. The predicted octanol–water partition coefficient (Wildman–Crippen LogP) is 5.00. The number of ether oxygens (including phenoxy) is 2. The Morgan fingerprint density at radius 2 is 1.74 bits per heavy atom. The molecule has 0 saturated carbocycles. The van der Waals surface area contributed by atoms with Gasteiger partial charge in [0.15, 0.2) is 5.11 Å². The SMILES string of the molecule is COc1cc(NC(=S)NCc2cc(F)cc(C(F)(F)F)c2)c(OC)cc1Cl. The molecule has 27 heavy (non-hydrogen) atoms. The Morgan fingerprint density at radius 1 is 1.07 bits per heavy atom. The van der Waals surface area contributed by atoms with Crippen molar-refractivity contribution in [1.82, 2.24) is 5.32 Å². The van der Waals surface area contributed by atoms with E-state index in [2.05, 4.69) is 10.6 Å². The van der Waals surface area contributed by atoms with Crippen LogP contribution in [-0.2, 0) is 12.7 Å². The molecule has 10 heteroatoms.